The summed E-state index contributed by atoms with van der Waals surface area (Å²) >= 11 is 0. The predicted molar refractivity (Wildman–Crippen MR) is 100 cm³/mol. The molecular weight excluding hydrogens is 298 g/mol. The van der Waals surface area contributed by atoms with Gasteiger partial charge >= 0.3 is 0 Å². The Hall–Kier alpha value is -2.55. The molecule has 0 bridgehead atoms. The first-order valence-electron chi connectivity index (χ1n) is 8.04. The standard InChI is InChI=1S/C21H25NO2/c1-15(14-21(2,3)4)16-6-8-17(9-7-16)20(23)22-18-10-12-19(24-5)13-11-18/h6-14H,1-5H3,(H,22,23). The Balaban J connectivity index is 2.09. The van der Waals surface area contributed by atoms with E-state index in [1.807, 2.05) is 48.5 Å². The lowest BCUT2D eigenvalue weighted by Gasteiger charge is -2.14. The van der Waals surface area contributed by atoms with Crippen LogP contribution in [0, 0.1) is 5.41 Å². The highest BCUT2D eigenvalue weighted by Gasteiger charge is 2.09. The summed E-state index contributed by atoms with van der Waals surface area (Å²) < 4.78 is 5.11. The van der Waals surface area contributed by atoms with E-state index in [1.165, 1.54) is 5.57 Å². The maximum atomic E-state index is 12.3. The van der Waals surface area contributed by atoms with Crippen LogP contribution in [-0.2, 0) is 0 Å². The fraction of sp³-hybridized carbons (Fsp3) is 0.286. The number of hydrogen-bond acceptors (Lipinski definition) is 2. The van der Waals surface area contributed by atoms with Crippen molar-refractivity contribution < 1.29 is 9.53 Å². The molecule has 2 aromatic rings. The smallest absolute Gasteiger partial charge is 0.255 e. The number of ether oxygens (including phenoxy) is 1. The molecule has 3 heteroatoms. The molecule has 2 rings (SSSR count). The van der Waals surface area contributed by atoms with Crippen LogP contribution in [0.4, 0.5) is 5.69 Å². The molecule has 0 radical (unpaired) electrons. The minimum Gasteiger partial charge on any atom is -0.497 e. The zero-order valence-electron chi connectivity index (χ0n) is 15.0. The minimum atomic E-state index is -0.121. The molecule has 0 fully saturated rings. The van der Waals surface area contributed by atoms with Gasteiger partial charge in [0.1, 0.15) is 5.75 Å². The molecule has 0 aromatic heterocycles. The highest BCUT2D eigenvalue weighted by Crippen LogP contribution is 2.24. The molecule has 0 aliphatic heterocycles. The van der Waals surface area contributed by atoms with Crippen molar-refractivity contribution >= 4 is 17.2 Å². The molecule has 0 heterocycles. The molecule has 0 aliphatic rings. The third kappa shape index (κ3) is 4.98. The molecule has 0 spiro atoms. The van der Waals surface area contributed by atoms with Gasteiger partial charge < -0.3 is 10.1 Å². The molecule has 0 atom stereocenters. The maximum Gasteiger partial charge on any atom is 0.255 e. The lowest BCUT2D eigenvalue weighted by Crippen LogP contribution is -2.11. The van der Waals surface area contributed by atoms with Gasteiger partial charge in [0.05, 0.1) is 7.11 Å². The average Bonchev–Trinajstić information content (AvgIpc) is 2.54. The number of amides is 1. The summed E-state index contributed by atoms with van der Waals surface area (Å²) in [6.45, 7) is 8.62. The van der Waals surface area contributed by atoms with Crippen molar-refractivity contribution in [3.63, 3.8) is 0 Å². The molecular formula is C21H25NO2. The van der Waals surface area contributed by atoms with E-state index in [0.29, 0.717) is 5.56 Å². The molecule has 0 saturated carbocycles. The molecule has 24 heavy (non-hydrogen) atoms. The van der Waals surface area contributed by atoms with Gasteiger partial charge in [-0.15, -0.1) is 0 Å². The van der Waals surface area contributed by atoms with E-state index in [0.717, 1.165) is 17.0 Å². The monoisotopic (exact) mass is 323 g/mol. The van der Waals surface area contributed by atoms with Crippen molar-refractivity contribution in [1.29, 1.82) is 0 Å². The first-order valence-corrected chi connectivity index (χ1v) is 8.04. The zero-order valence-corrected chi connectivity index (χ0v) is 15.0. The van der Waals surface area contributed by atoms with Crippen LogP contribution in [-0.4, -0.2) is 13.0 Å². The minimum absolute atomic E-state index is 0.121. The number of carbonyl (C=O) groups excluding carboxylic acids is 1. The number of benzene rings is 2. The van der Waals surface area contributed by atoms with Gasteiger partial charge in [0.15, 0.2) is 0 Å². The van der Waals surface area contributed by atoms with E-state index in [9.17, 15) is 4.79 Å². The van der Waals surface area contributed by atoms with Gasteiger partial charge in [-0.3, -0.25) is 4.79 Å². The Bertz CT molecular complexity index is 720. The molecule has 1 N–H and O–H groups in total. The predicted octanol–water partition coefficient (Wildman–Crippen LogP) is 5.40. The zero-order chi connectivity index (χ0) is 17.7. The Kier molecular flexibility index (Phi) is 5.45. The number of methoxy groups -OCH3 is 1. The number of hydrogen-bond donors (Lipinski definition) is 1. The van der Waals surface area contributed by atoms with Gasteiger partial charge in [0, 0.05) is 11.3 Å². The lowest BCUT2D eigenvalue weighted by atomic mass is 9.91. The lowest BCUT2D eigenvalue weighted by molar-refractivity contribution is 0.102. The van der Waals surface area contributed by atoms with Crippen LogP contribution in [0.25, 0.3) is 5.57 Å². The highest BCUT2D eigenvalue weighted by molar-refractivity contribution is 6.04. The van der Waals surface area contributed by atoms with E-state index in [-0.39, 0.29) is 11.3 Å². The highest BCUT2D eigenvalue weighted by atomic mass is 16.5. The summed E-state index contributed by atoms with van der Waals surface area (Å²) in [5, 5.41) is 2.89. The summed E-state index contributed by atoms with van der Waals surface area (Å²) in [6.07, 6.45) is 2.24. The number of rotatable bonds is 4. The fourth-order valence-corrected chi connectivity index (χ4v) is 2.49. The Morgan fingerprint density at radius 3 is 2.00 bits per heavy atom. The number of nitrogens with one attached hydrogen (secondary N) is 1. The Labute approximate surface area is 144 Å². The van der Waals surface area contributed by atoms with Crippen LogP contribution in [0.3, 0.4) is 0 Å². The van der Waals surface area contributed by atoms with Gasteiger partial charge in [-0.1, -0.05) is 39.0 Å². The van der Waals surface area contributed by atoms with Crippen molar-refractivity contribution in [3.8, 4) is 5.75 Å². The third-order valence-corrected chi connectivity index (χ3v) is 3.60. The van der Waals surface area contributed by atoms with Gasteiger partial charge in [-0.2, -0.15) is 0 Å². The van der Waals surface area contributed by atoms with Crippen molar-refractivity contribution in [2.75, 3.05) is 12.4 Å². The first-order chi connectivity index (χ1) is 11.3. The van der Waals surface area contributed by atoms with Crippen LogP contribution in [0.1, 0.15) is 43.6 Å². The third-order valence-electron chi connectivity index (χ3n) is 3.60. The van der Waals surface area contributed by atoms with E-state index in [1.54, 1.807) is 7.11 Å². The summed E-state index contributed by atoms with van der Waals surface area (Å²) in [4.78, 5) is 12.3. The van der Waals surface area contributed by atoms with Crippen LogP contribution in [0.2, 0.25) is 0 Å². The molecule has 3 nitrogen and oxygen atoms in total. The van der Waals surface area contributed by atoms with Crippen LogP contribution >= 0.6 is 0 Å². The molecule has 0 unspecified atom stereocenters. The maximum absolute atomic E-state index is 12.3. The van der Waals surface area contributed by atoms with E-state index >= 15 is 0 Å². The normalized spacial score (nSPS) is 12.0. The summed E-state index contributed by atoms with van der Waals surface area (Å²) in [5.74, 6) is 0.641. The number of allylic oxidation sites excluding steroid dienone is 2. The molecule has 1 amide bonds. The van der Waals surface area contributed by atoms with Gasteiger partial charge in [0.2, 0.25) is 0 Å². The summed E-state index contributed by atoms with van der Waals surface area (Å²) in [7, 11) is 1.62. The van der Waals surface area contributed by atoms with E-state index in [4.69, 9.17) is 4.74 Å². The second kappa shape index (κ2) is 7.35. The SMILES string of the molecule is COc1ccc(NC(=O)c2ccc(C(C)=CC(C)(C)C)cc2)cc1. The van der Waals surface area contributed by atoms with Gasteiger partial charge in [-0.25, -0.2) is 0 Å². The van der Waals surface area contributed by atoms with Crippen molar-refractivity contribution in [2.24, 2.45) is 5.41 Å². The molecule has 2 aromatic carbocycles. The fourth-order valence-electron chi connectivity index (χ4n) is 2.49. The average molecular weight is 323 g/mol. The summed E-state index contributed by atoms with van der Waals surface area (Å²) in [5.41, 5.74) is 3.86. The Morgan fingerprint density at radius 1 is 0.958 bits per heavy atom. The van der Waals surface area contributed by atoms with Gasteiger partial charge in [0.25, 0.3) is 5.91 Å². The van der Waals surface area contributed by atoms with Crippen molar-refractivity contribution in [2.45, 2.75) is 27.7 Å². The first kappa shape index (κ1) is 17.8. The second-order valence-electron chi connectivity index (χ2n) is 6.95. The van der Waals surface area contributed by atoms with Crippen molar-refractivity contribution in [1.82, 2.24) is 0 Å². The van der Waals surface area contributed by atoms with Crippen LogP contribution in [0.15, 0.2) is 54.6 Å². The number of anilines is 1. The number of carbonyl (C=O) groups is 1. The Morgan fingerprint density at radius 2 is 1.50 bits per heavy atom. The molecule has 126 valence electrons. The quantitative estimate of drug-likeness (QED) is 0.818. The van der Waals surface area contributed by atoms with Gasteiger partial charge in [-0.05, 0) is 59.9 Å². The largest absolute Gasteiger partial charge is 0.497 e. The van der Waals surface area contributed by atoms with E-state index < -0.39 is 0 Å². The summed E-state index contributed by atoms with van der Waals surface area (Å²) in [6, 6.07) is 15.0. The molecule has 0 aliphatic carbocycles. The second-order valence-corrected chi connectivity index (χ2v) is 6.95. The van der Waals surface area contributed by atoms with Crippen LogP contribution in [0.5, 0.6) is 5.75 Å². The molecule has 0 saturated heterocycles. The van der Waals surface area contributed by atoms with Crippen molar-refractivity contribution in [3.05, 3.63) is 65.7 Å². The van der Waals surface area contributed by atoms with E-state index in [2.05, 4.69) is 39.1 Å². The van der Waals surface area contributed by atoms with Crippen LogP contribution < -0.4 is 10.1 Å². The topological polar surface area (TPSA) is 38.3 Å².